The summed E-state index contributed by atoms with van der Waals surface area (Å²) in [6, 6.07) is 15.3. The Hall–Kier alpha value is -3.47. The first-order valence-corrected chi connectivity index (χ1v) is 10.6. The number of carbonyl (C=O) groups is 2. The minimum absolute atomic E-state index is 0.00732. The number of amides is 2. The lowest BCUT2D eigenvalue weighted by Crippen LogP contribution is -2.27. The first-order valence-electron chi connectivity index (χ1n) is 9.16. The number of nitrogens with zero attached hydrogens (tertiary/aromatic N) is 1. The highest BCUT2D eigenvalue weighted by molar-refractivity contribution is 7.89. The number of hydrogen-bond acceptors (Lipinski definition) is 6. The average molecular weight is 443 g/mol. The molecule has 0 saturated carbocycles. The Balaban J connectivity index is 1.72. The third-order valence-electron chi connectivity index (χ3n) is 4.41. The van der Waals surface area contributed by atoms with Gasteiger partial charge in [0.1, 0.15) is 5.76 Å². The molecule has 3 rings (SSSR count). The fourth-order valence-corrected chi connectivity index (χ4v) is 3.67. The molecule has 9 nitrogen and oxygen atoms in total. The summed E-state index contributed by atoms with van der Waals surface area (Å²) in [7, 11) is -0.956. The first-order chi connectivity index (χ1) is 14.8. The van der Waals surface area contributed by atoms with Crippen LogP contribution in [0.25, 0.3) is 0 Å². The van der Waals surface area contributed by atoms with E-state index in [4.69, 9.17) is 9.25 Å². The molecule has 1 aromatic heterocycles. The number of anilines is 1. The van der Waals surface area contributed by atoms with Crippen molar-refractivity contribution in [1.82, 2.24) is 9.79 Å². The zero-order valence-corrected chi connectivity index (χ0v) is 17.7. The lowest BCUT2D eigenvalue weighted by atomic mass is 10.1. The zero-order chi connectivity index (χ0) is 22.4. The summed E-state index contributed by atoms with van der Waals surface area (Å²) in [6.07, 6.45) is 1.45. The van der Waals surface area contributed by atoms with E-state index < -0.39 is 21.8 Å². The second-order valence-electron chi connectivity index (χ2n) is 6.41. The largest absolute Gasteiger partial charge is 0.468 e. The predicted molar refractivity (Wildman–Crippen MR) is 113 cm³/mol. The van der Waals surface area contributed by atoms with Crippen LogP contribution in [0.3, 0.4) is 0 Å². The SMILES string of the molecule is CON(C)C(=O)c1ccccc1NC(=O)c1ccc(S(=O)(=O)NCc2ccco2)cc1. The molecular weight excluding hydrogens is 422 g/mol. The van der Waals surface area contributed by atoms with Gasteiger partial charge < -0.3 is 9.73 Å². The van der Waals surface area contributed by atoms with Gasteiger partial charge in [-0.05, 0) is 48.5 Å². The summed E-state index contributed by atoms with van der Waals surface area (Å²) < 4.78 is 32.3. The van der Waals surface area contributed by atoms with Gasteiger partial charge in [0.25, 0.3) is 11.8 Å². The number of rotatable bonds is 8. The molecule has 0 spiro atoms. The van der Waals surface area contributed by atoms with E-state index in [0.717, 1.165) is 5.06 Å². The number of sulfonamides is 1. The summed E-state index contributed by atoms with van der Waals surface area (Å²) >= 11 is 0. The smallest absolute Gasteiger partial charge is 0.279 e. The Labute approximate surface area is 179 Å². The molecule has 2 N–H and O–H groups in total. The Morgan fingerprint density at radius 1 is 1.03 bits per heavy atom. The van der Waals surface area contributed by atoms with Crippen LogP contribution in [-0.2, 0) is 21.4 Å². The van der Waals surface area contributed by atoms with Crippen molar-refractivity contribution in [2.24, 2.45) is 0 Å². The zero-order valence-electron chi connectivity index (χ0n) is 16.9. The number of hydroxylamine groups is 2. The van der Waals surface area contributed by atoms with Crippen LogP contribution in [0.1, 0.15) is 26.5 Å². The summed E-state index contributed by atoms with van der Waals surface area (Å²) in [5.74, 6) is -0.442. The number of hydrogen-bond donors (Lipinski definition) is 2. The van der Waals surface area contributed by atoms with Crippen LogP contribution in [0.15, 0.2) is 76.2 Å². The lowest BCUT2D eigenvalue weighted by Gasteiger charge is -2.16. The molecule has 31 heavy (non-hydrogen) atoms. The second kappa shape index (κ2) is 9.56. The summed E-state index contributed by atoms with van der Waals surface area (Å²) in [4.78, 5) is 29.9. The van der Waals surface area contributed by atoms with Crippen LogP contribution in [0.4, 0.5) is 5.69 Å². The predicted octanol–water partition coefficient (Wildman–Crippen LogP) is 2.64. The van der Waals surface area contributed by atoms with Gasteiger partial charge in [0.2, 0.25) is 10.0 Å². The van der Waals surface area contributed by atoms with Crippen molar-refractivity contribution in [1.29, 1.82) is 0 Å². The van der Waals surface area contributed by atoms with E-state index in [2.05, 4.69) is 10.0 Å². The third-order valence-corrected chi connectivity index (χ3v) is 5.83. The van der Waals surface area contributed by atoms with Gasteiger partial charge in [-0.15, -0.1) is 0 Å². The molecule has 2 aromatic carbocycles. The summed E-state index contributed by atoms with van der Waals surface area (Å²) in [6.45, 7) is 0.0122. The minimum Gasteiger partial charge on any atom is -0.468 e. The molecule has 162 valence electrons. The molecule has 0 radical (unpaired) electrons. The fourth-order valence-electron chi connectivity index (χ4n) is 2.67. The number of para-hydroxylation sites is 1. The molecule has 0 aliphatic heterocycles. The molecule has 0 fully saturated rings. The van der Waals surface area contributed by atoms with Gasteiger partial charge in [-0.2, -0.15) is 0 Å². The Kier molecular flexibility index (Phi) is 6.85. The molecule has 3 aromatic rings. The maximum atomic E-state index is 12.6. The summed E-state index contributed by atoms with van der Waals surface area (Å²) in [5.41, 5.74) is 0.784. The highest BCUT2D eigenvalue weighted by atomic mass is 32.2. The monoisotopic (exact) mass is 443 g/mol. The van der Waals surface area contributed by atoms with Gasteiger partial charge in [0.15, 0.2) is 0 Å². The highest BCUT2D eigenvalue weighted by Crippen LogP contribution is 2.19. The van der Waals surface area contributed by atoms with E-state index in [1.54, 1.807) is 36.4 Å². The molecule has 10 heteroatoms. The molecule has 0 saturated heterocycles. The van der Waals surface area contributed by atoms with E-state index in [0.29, 0.717) is 11.4 Å². The van der Waals surface area contributed by atoms with Gasteiger partial charge in [0, 0.05) is 12.6 Å². The van der Waals surface area contributed by atoms with Crippen LogP contribution >= 0.6 is 0 Å². The number of benzene rings is 2. The first kappa shape index (κ1) is 22.2. The maximum Gasteiger partial charge on any atom is 0.279 e. The fraction of sp³-hybridized carbons (Fsp3) is 0.143. The van der Waals surface area contributed by atoms with E-state index in [1.807, 2.05) is 0 Å². The minimum atomic E-state index is -3.77. The van der Waals surface area contributed by atoms with Crippen molar-refractivity contribution in [2.75, 3.05) is 19.5 Å². The normalized spacial score (nSPS) is 11.2. The van der Waals surface area contributed by atoms with Crippen LogP contribution in [0.5, 0.6) is 0 Å². The van der Waals surface area contributed by atoms with E-state index >= 15 is 0 Å². The molecule has 0 atom stereocenters. The van der Waals surface area contributed by atoms with Gasteiger partial charge in [-0.1, -0.05) is 12.1 Å². The lowest BCUT2D eigenvalue weighted by molar-refractivity contribution is -0.0756. The van der Waals surface area contributed by atoms with Crippen LogP contribution in [0.2, 0.25) is 0 Å². The topological polar surface area (TPSA) is 118 Å². The maximum absolute atomic E-state index is 12.6. The van der Waals surface area contributed by atoms with Gasteiger partial charge in [0.05, 0.1) is 36.1 Å². The Morgan fingerprint density at radius 2 is 1.74 bits per heavy atom. The molecule has 0 bridgehead atoms. The molecule has 0 unspecified atom stereocenters. The van der Waals surface area contributed by atoms with Crippen LogP contribution in [0, 0.1) is 0 Å². The van der Waals surface area contributed by atoms with Crippen molar-refractivity contribution < 1.29 is 27.3 Å². The van der Waals surface area contributed by atoms with E-state index in [9.17, 15) is 18.0 Å². The van der Waals surface area contributed by atoms with Gasteiger partial charge in [-0.25, -0.2) is 18.2 Å². The summed E-state index contributed by atoms with van der Waals surface area (Å²) in [5, 5.41) is 3.71. The molecule has 0 aliphatic carbocycles. The van der Waals surface area contributed by atoms with Crippen molar-refractivity contribution in [3.05, 3.63) is 83.8 Å². The third kappa shape index (κ3) is 5.37. The Bertz CT molecular complexity index is 1160. The van der Waals surface area contributed by atoms with Crippen molar-refractivity contribution in [3.8, 4) is 0 Å². The quantitative estimate of drug-likeness (QED) is 0.517. The second-order valence-corrected chi connectivity index (χ2v) is 8.18. The van der Waals surface area contributed by atoms with Crippen molar-refractivity contribution in [3.63, 3.8) is 0 Å². The van der Waals surface area contributed by atoms with E-state index in [-0.39, 0.29) is 22.6 Å². The molecule has 0 aliphatic rings. The van der Waals surface area contributed by atoms with E-state index in [1.165, 1.54) is 44.7 Å². The van der Waals surface area contributed by atoms with Crippen LogP contribution in [-0.4, -0.2) is 39.5 Å². The Morgan fingerprint density at radius 3 is 2.39 bits per heavy atom. The van der Waals surface area contributed by atoms with Crippen molar-refractivity contribution in [2.45, 2.75) is 11.4 Å². The van der Waals surface area contributed by atoms with Crippen LogP contribution < -0.4 is 10.0 Å². The highest BCUT2D eigenvalue weighted by Gasteiger charge is 2.19. The number of furan rings is 1. The van der Waals surface area contributed by atoms with Gasteiger partial charge in [-0.3, -0.25) is 14.4 Å². The number of nitrogens with one attached hydrogen (secondary N) is 2. The molecule has 2 amide bonds. The molecular formula is C21H21N3O6S. The average Bonchev–Trinajstić information content (AvgIpc) is 3.31. The standard InChI is InChI=1S/C21H21N3O6S/c1-24(29-2)21(26)18-7-3-4-8-19(18)23-20(25)15-9-11-17(12-10-15)31(27,28)22-14-16-6-5-13-30-16/h3-13,22H,14H2,1-2H3,(H,23,25). The number of carbonyl (C=O) groups excluding carboxylic acids is 2. The molecule has 1 heterocycles. The van der Waals surface area contributed by atoms with Gasteiger partial charge >= 0.3 is 0 Å². The van der Waals surface area contributed by atoms with Crippen molar-refractivity contribution >= 4 is 27.5 Å².